The number of aliphatic hydroxyl groups is 1. The van der Waals surface area contributed by atoms with E-state index in [0.717, 1.165) is 24.0 Å². The largest absolute Gasteiger partial charge is 0.491 e. The standard InChI is InChI=1S/C16H26O2/c1-13(2)4-5-14(3)12-15-6-8-16(9-7-15)18-11-10-17/h6-9,13-14,17H,4-5,10-12H2,1-3H3. The topological polar surface area (TPSA) is 29.5 Å². The average Bonchev–Trinajstić information content (AvgIpc) is 2.35. The van der Waals surface area contributed by atoms with E-state index in [1.165, 1.54) is 18.4 Å². The number of rotatable bonds is 8. The number of aliphatic hydroxyl groups excluding tert-OH is 1. The van der Waals surface area contributed by atoms with Crippen LogP contribution in [0.15, 0.2) is 24.3 Å². The molecule has 2 nitrogen and oxygen atoms in total. The molecule has 1 rings (SSSR count). The van der Waals surface area contributed by atoms with Crippen molar-refractivity contribution in [3.63, 3.8) is 0 Å². The summed E-state index contributed by atoms with van der Waals surface area (Å²) in [5.74, 6) is 2.36. The SMILES string of the molecule is CC(C)CCC(C)Cc1ccc(OCCO)cc1. The minimum absolute atomic E-state index is 0.0635. The van der Waals surface area contributed by atoms with Crippen molar-refractivity contribution in [1.82, 2.24) is 0 Å². The van der Waals surface area contributed by atoms with Gasteiger partial charge in [0.05, 0.1) is 6.61 Å². The molecule has 0 saturated carbocycles. The highest BCUT2D eigenvalue weighted by molar-refractivity contribution is 5.27. The number of hydrogen-bond acceptors (Lipinski definition) is 2. The van der Waals surface area contributed by atoms with E-state index in [0.29, 0.717) is 6.61 Å². The highest BCUT2D eigenvalue weighted by atomic mass is 16.5. The lowest BCUT2D eigenvalue weighted by Gasteiger charge is -2.13. The van der Waals surface area contributed by atoms with E-state index in [1.54, 1.807) is 0 Å². The Hall–Kier alpha value is -1.02. The fourth-order valence-electron chi connectivity index (χ4n) is 2.01. The summed E-state index contributed by atoms with van der Waals surface area (Å²) < 4.78 is 5.34. The second-order valence-corrected chi connectivity index (χ2v) is 5.50. The molecule has 0 amide bonds. The predicted octanol–water partition coefficient (Wildman–Crippen LogP) is 3.67. The average molecular weight is 250 g/mol. The summed E-state index contributed by atoms with van der Waals surface area (Å²) in [6.07, 6.45) is 3.73. The highest BCUT2D eigenvalue weighted by Crippen LogP contribution is 2.19. The molecule has 0 aromatic heterocycles. The van der Waals surface area contributed by atoms with Gasteiger partial charge >= 0.3 is 0 Å². The van der Waals surface area contributed by atoms with Gasteiger partial charge < -0.3 is 9.84 Å². The fourth-order valence-corrected chi connectivity index (χ4v) is 2.01. The second kappa shape index (κ2) is 8.15. The Morgan fingerprint density at radius 2 is 1.72 bits per heavy atom. The molecular weight excluding hydrogens is 224 g/mol. The van der Waals surface area contributed by atoms with E-state index < -0.39 is 0 Å². The van der Waals surface area contributed by atoms with Gasteiger partial charge in [0.15, 0.2) is 0 Å². The Balaban J connectivity index is 2.38. The molecule has 0 aliphatic heterocycles. The quantitative estimate of drug-likeness (QED) is 0.762. The fraction of sp³-hybridized carbons (Fsp3) is 0.625. The second-order valence-electron chi connectivity index (χ2n) is 5.50. The van der Waals surface area contributed by atoms with Crippen molar-refractivity contribution in [1.29, 1.82) is 0 Å². The number of hydrogen-bond donors (Lipinski definition) is 1. The third kappa shape index (κ3) is 6.06. The zero-order valence-corrected chi connectivity index (χ0v) is 11.9. The van der Waals surface area contributed by atoms with E-state index in [9.17, 15) is 0 Å². The van der Waals surface area contributed by atoms with Gasteiger partial charge in [-0.25, -0.2) is 0 Å². The van der Waals surface area contributed by atoms with Crippen LogP contribution in [0.2, 0.25) is 0 Å². The molecule has 2 heteroatoms. The molecule has 0 bridgehead atoms. The van der Waals surface area contributed by atoms with Crippen LogP contribution in [0.25, 0.3) is 0 Å². The van der Waals surface area contributed by atoms with Crippen LogP contribution in [0.4, 0.5) is 0 Å². The van der Waals surface area contributed by atoms with Gasteiger partial charge in [0.1, 0.15) is 12.4 Å². The zero-order valence-electron chi connectivity index (χ0n) is 11.9. The smallest absolute Gasteiger partial charge is 0.119 e. The normalized spacial score (nSPS) is 12.7. The molecule has 0 aliphatic carbocycles. The first-order valence-electron chi connectivity index (χ1n) is 6.94. The minimum atomic E-state index is 0.0635. The third-order valence-corrected chi connectivity index (χ3v) is 3.10. The predicted molar refractivity (Wildman–Crippen MR) is 76.0 cm³/mol. The van der Waals surface area contributed by atoms with Crippen LogP contribution in [-0.2, 0) is 6.42 Å². The molecule has 1 aromatic carbocycles. The van der Waals surface area contributed by atoms with Gasteiger partial charge in [-0.3, -0.25) is 0 Å². The van der Waals surface area contributed by atoms with Crippen molar-refractivity contribution in [2.24, 2.45) is 11.8 Å². The summed E-state index contributed by atoms with van der Waals surface area (Å²) >= 11 is 0. The highest BCUT2D eigenvalue weighted by Gasteiger charge is 2.05. The van der Waals surface area contributed by atoms with Crippen molar-refractivity contribution in [3.05, 3.63) is 29.8 Å². The van der Waals surface area contributed by atoms with Gasteiger partial charge in [-0.2, -0.15) is 0 Å². The molecule has 1 aromatic rings. The first-order chi connectivity index (χ1) is 8.61. The molecule has 0 radical (unpaired) electrons. The monoisotopic (exact) mass is 250 g/mol. The molecule has 1 N–H and O–H groups in total. The first-order valence-corrected chi connectivity index (χ1v) is 6.94. The van der Waals surface area contributed by atoms with Crippen molar-refractivity contribution < 1.29 is 9.84 Å². The molecule has 0 aliphatic rings. The van der Waals surface area contributed by atoms with E-state index in [4.69, 9.17) is 9.84 Å². The number of ether oxygens (including phenoxy) is 1. The van der Waals surface area contributed by atoms with Crippen LogP contribution < -0.4 is 4.74 Å². The van der Waals surface area contributed by atoms with E-state index in [1.807, 2.05) is 12.1 Å². The molecule has 0 heterocycles. The van der Waals surface area contributed by atoms with E-state index >= 15 is 0 Å². The Morgan fingerprint density at radius 3 is 2.28 bits per heavy atom. The van der Waals surface area contributed by atoms with Crippen LogP contribution in [-0.4, -0.2) is 18.3 Å². The first kappa shape index (κ1) is 15.0. The Kier molecular flexibility index (Phi) is 6.81. The summed E-state index contributed by atoms with van der Waals surface area (Å²) in [5, 5.41) is 8.68. The maximum atomic E-state index is 8.68. The Bertz CT molecular complexity index is 316. The molecule has 1 atom stereocenters. The Morgan fingerprint density at radius 1 is 1.06 bits per heavy atom. The van der Waals surface area contributed by atoms with Crippen molar-refractivity contribution >= 4 is 0 Å². The van der Waals surface area contributed by atoms with E-state index in [-0.39, 0.29) is 6.61 Å². The summed E-state index contributed by atoms with van der Waals surface area (Å²) in [6.45, 7) is 7.30. The van der Waals surface area contributed by atoms with Gasteiger partial charge in [0, 0.05) is 0 Å². The number of benzene rings is 1. The van der Waals surface area contributed by atoms with Crippen LogP contribution in [0.5, 0.6) is 5.75 Å². The van der Waals surface area contributed by atoms with E-state index in [2.05, 4.69) is 32.9 Å². The lowest BCUT2D eigenvalue weighted by molar-refractivity contribution is 0.201. The summed E-state index contributed by atoms with van der Waals surface area (Å²) in [6, 6.07) is 8.22. The Labute approximate surface area is 111 Å². The van der Waals surface area contributed by atoms with Crippen molar-refractivity contribution in [2.75, 3.05) is 13.2 Å². The summed E-state index contributed by atoms with van der Waals surface area (Å²) in [4.78, 5) is 0. The zero-order chi connectivity index (χ0) is 13.4. The molecular formula is C16H26O2. The maximum absolute atomic E-state index is 8.68. The van der Waals surface area contributed by atoms with Crippen LogP contribution >= 0.6 is 0 Å². The van der Waals surface area contributed by atoms with Crippen molar-refractivity contribution in [3.8, 4) is 5.75 Å². The molecule has 1 unspecified atom stereocenters. The maximum Gasteiger partial charge on any atom is 0.119 e. The van der Waals surface area contributed by atoms with Gasteiger partial charge in [-0.15, -0.1) is 0 Å². The van der Waals surface area contributed by atoms with Crippen LogP contribution in [0.1, 0.15) is 39.2 Å². The molecule has 0 fully saturated rings. The lowest BCUT2D eigenvalue weighted by Crippen LogP contribution is -2.03. The third-order valence-electron chi connectivity index (χ3n) is 3.10. The van der Waals surface area contributed by atoms with Crippen LogP contribution in [0, 0.1) is 11.8 Å². The van der Waals surface area contributed by atoms with Gasteiger partial charge in [0.2, 0.25) is 0 Å². The van der Waals surface area contributed by atoms with Gasteiger partial charge in [-0.05, 0) is 36.0 Å². The van der Waals surface area contributed by atoms with Gasteiger partial charge in [-0.1, -0.05) is 45.7 Å². The van der Waals surface area contributed by atoms with Crippen LogP contribution in [0.3, 0.4) is 0 Å². The van der Waals surface area contributed by atoms with Crippen molar-refractivity contribution in [2.45, 2.75) is 40.0 Å². The minimum Gasteiger partial charge on any atom is -0.491 e. The summed E-state index contributed by atoms with van der Waals surface area (Å²) in [5.41, 5.74) is 1.36. The summed E-state index contributed by atoms with van der Waals surface area (Å²) in [7, 11) is 0. The molecule has 18 heavy (non-hydrogen) atoms. The molecule has 0 saturated heterocycles. The molecule has 0 spiro atoms. The van der Waals surface area contributed by atoms with Gasteiger partial charge in [0.25, 0.3) is 0 Å². The molecule has 102 valence electrons. The lowest BCUT2D eigenvalue weighted by atomic mass is 9.93.